The lowest BCUT2D eigenvalue weighted by molar-refractivity contribution is 0.0596. The molecule has 2 rings (SSSR count). The van der Waals surface area contributed by atoms with E-state index >= 15 is 0 Å². The first-order chi connectivity index (χ1) is 13.1. The quantitative estimate of drug-likeness (QED) is 0.652. The standard InChI is InChI=1S/C21H27NO5S/c1-14(2)13-22(17-10-15(3)9-16(4)11-17)28(24,25)18-7-8-20(26-5)19(12-18)21(23)27-6/h7-12,14H,13H2,1-6H3. The smallest absolute Gasteiger partial charge is 0.341 e. The number of methoxy groups -OCH3 is 2. The highest BCUT2D eigenvalue weighted by atomic mass is 32.2. The molecule has 0 saturated carbocycles. The summed E-state index contributed by atoms with van der Waals surface area (Å²) in [6.07, 6.45) is 0. The van der Waals surface area contributed by atoms with Crippen LogP contribution in [0.4, 0.5) is 5.69 Å². The molecule has 7 heteroatoms. The maximum absolute atomic E-state index is 13.5. The highest BCUT2D eigenvalue weighted by Crippen LogP contribution is 2.30. The zero-order chi connectivity index (χ0) is 21.1. The van der Waals surface area contributed by atoms with Gasteiger partial charge >= 0.3 is 5.97 Å². The Balaban J connectivity index is 2.64. The summed E-state index contributed by atoms with van der Waals surface area (Å²) < 4.78 is 38.3. The van der Waals surface area contributed by atoms with Crippen LogP contribution in [0.3, 0.4) is 0 Å². The van der Waals surface area contributed by atoms with Gasteiger partial charge in [-0.2, -0.15) is 0 Å². The highest BCUT2D eigenvalue weighted by molar-refractivity contribution is 7.92. The third-order valence-electron chi connectivity index (χ3n) is 4.19. The normalized spacial score (nSPS) is 11.4. The molecule has 0 spiro atoms. The Bertz CT molecular complexity index is 947. The summed E-state index contributed by atoms with van der Waals surface area (Å²) in [6.45, 7) is 8.09. The second-order valence-electron chi connectivity index (χ2n) is 7.13. The molecule has 0 amide bonds. The molecule has 0 aromatic heterocycles. The number of rotatable bonds is 7. The van der Waals surface area contributed by atoms with Gasteiger partial charge in [-0.05, 0) is 61.2 Å². The van der Waals surface area contributed by atoms with Crippen LogP contribution in [0.2, 0.25) is 0 Å². The Morgan fingerprint density at radius 2 is 1.64 bits per heavy atom. The van der Waals surface area contributed by atoms with Crippen molar-refractivity contribution in [3.63, 3.8) is 0 Å². The number of hydrogen-bond donors (Lipinski definition) is 0. The van der Waals surface area contributed by atoms with Crippen molar-refractivity contribution < 1.29 is 22.7 Å². The second-order valence-corrected chi connectivity index (χ2v) is 8.99. The number of sulfonamides is 1. The van der Waals surface area contributed by atoms with Crippen molar-refractivity contribution in [3.05, 3.63) is 53.1 Å². The summed E-state index contributed by atoms with van der Waals surface area (Å²) >= 11 is 0. The zero-order valence-corrected chi connectivity index (χ0v) is 18.0. The van der Waals surface area contributed by atoms with Gasteiger partial charge in [0.05, 0.1) is 24.8 Å². The molecule has 2 aromatic carbocycles. The molecule has 0 radical (unpaired) electrons. The molecule has 0 heterocycles. The number of aryl methyl sites for hydroxylation is 2. The summed E-state index contributed by atoms with van der Waals surface area (Å²) in [7, 11) is -1.25. The van der Waals surface area contributed by atoms with E-state index in [0.29, 0.717) is 12.2 Å². The Kier molecular flexibility index (Phi) is 6.72. The molecule has 2 aromatic rings. The Morgan fingerprint density at radius 3 is 2.14 bits per heavy atom. The van der Waals surface area contributed by atoms with Crippen molar-refractivity contribution >= 4 is 21.7 Å². The molecular formula is C21H27NO5S. The predicted octanol–water partition coefficient (Wildman–Crippen LogP) is 3.95. The maximum Gasteiger partial charge on any atom is 0.341 e. The van der Waals surface area contributed by atoms with Crippen LogP contribution in [-0.2, 0) is 14.8 Å². The molecule has 152 valence electrons. The van der Waals surface area contributed by atoms with E-state index in [1.54, 1.807) is 0 Å². The molecule has 0 aliphatic rings. The van der Waals surface area contributed by atoms with E-state index in [0.717, 1.165) is 11.1 Å². The fourth-order valence-electron chi connectivity index (χ4n) is 3.01. The molecule has 0 bridgehead atoms. The van der Waals surface area contributed by atoms with Crippen LogP contribution >= 0.6 is 0 Å². The number of nitrogens with zero attached hydrogens (tertiary/aromatic N) is 1. The molecule has 0 aliphatic carbocycles. The van der Waals surface area contributed by atoms with Crippen LogP contribution in [0, 0.1) is 19.8 Å². The lowest BCUT2D eigenvalue weighted by atomic mass is 10.1. The summed E-state index contributed by atoms with van der Waals surface area (Å²) in [5, 5.41) is 0. The SMILES string of the molecule is COC(=O)c1cc(S(=O)(=O)N(CC(C)C)c2cc(C)cc(C)c2)ccc1OC. The first kappa shape index (κ1) is 21.8. The number of anilines is 1. The summed E-state index contributed by atoms with van der Waals surface area (Å²) in [4.78, 5) is 12.1. The van der Waals surface area contributed by atoms with E-state index in [1.807, 2.05) is 45.9 Å². The lowest BCUT2D eigenvalue weighted by Crippen LogP contribution is -2.34. The van der Waals surface area contributed by atoms with Gasteiger partial charge in [-0.1, -0.05) is 19.9 Å². The molecule has 0 fully saturated rings. The van der Waals surface area contributed by atoms with E-state index in [4.69, 9.17) is 9.47 Å². The van der Waals surface area contributed by atoms with Crippen LogP contribution in [0.1, 0.15) is 35.3 Å². The largest absolute Gasteiger partial charge is 0.496 e. The van der Waals surface area contributed by atoms with Crippen molar-refractivity contribution in [1.29, 1.82) is 0 Å². The monoisotopic (exact) mass is 405 g/mol. The fourth-order valence-corrected chi connectivity index (χ4v) is 4.65. The maximum atomic E-state index is 13.5. The number of hydrogen-bond acceptors (Lipinski definition) is 5. The third kappa shape index (κ3) is 4.65. The second kappa shape index (κ2) is 8.65. The minimum atomic E-state index is -3.90. The van der Waals surface area contributed by atoms with Gasteiger partial charge in [0, 0.05) is 6.54 Å². The Morgan fingerprint density at radius 1 is 1.04 bits per heavy atom. The van der Waals surface area contributed by atoms with Crippen LogP contribution < -0.4 is 9.04 Å². The van der Waals surface area contributed by atoms with Crippen molar-refractivity contribution in [2.75, 3.05) is 25.1 Å². The van der Waals surface area contributed by atoms with Gasteiger partial charge in [0.2, 0.25) is 0 Å². The van der Waals surface area contributed by atoms with E-state index in [1.165, 1.54) is 36.7 Å². The summed E-state index contributed by atoms with van der Waals surface area (Å²) in [5.74, 6) is -0.294. The lowest BCUT2D eigenvalue weighted by Gasteiger charge is -2.27. The van der Waals surface area contributed by atoms with Gasteiger partial charge in [0.1, 0.15) is 11.3 Å². The number of ether oxygens (including phenoxy) is 2. The summed E-state index contributed by atoms with van der Waals surface area (Å²) in [6, 6.07) is 9.89. The van der Waals surface area contributed by atoms with Crippen molar-refractivity contribution in [3.8, 4) is 5.75 Å². The molecule has 0 aliphatic heterocycles. The molecule has 0 atom stereocenters. The topological polar surface area (TPSA) is 72.9 Å². The predicted molar refractivity (Wildman–Crippen MR) is 110 cm³/mol. The van der Waals surface area contributed by atoms with Gasteiger partial charge in [0.25, 0.3) is 10.0 Å². The van der Waals surface area contributed by atoms with Gasteiger partial charge in [-0.15, -0.1) is 0 Å². The van der Waals surface area contributed by atoms with Gasteiger partial charge in [-0.25, -0.2) is 13.2 Å². The molecule has 0 unspecified atom stereocenters. The van der Waals surface area contributed by atoms with Crippen LogP contribution in [-0.4, -0.2) is 35.2 Å². The zero-order valence-electron chi connectivity index (χ0n) is 17.1. The van der Waals surface area contributed by atoms with Gasteiger partial charge < -0.3 is 9.47 Å². The van der Waals surface area contributed by atoms with E-state index in [2.05, 4.69) is 0 Å². The van der Waals surface area contributed by atoms with Gasteiger partial charge in [0.15, 0.2) is 0 Å². The molecule has 0 saturated heterocycles. The van der Waals surface area contributed by atoms with Crippen molar-refractivity contribution in [2.24, 2.45) is 5.92 Å². The van der Waals surface area contributed by atoms with E-state index < -0.39 is 16.0 Å². The van der Waals surface area contributed by atoms with Gasteiger partial charge in [-0.3, -0.25) is 4.31 Å². The molecule has 0 N–H and O–H groups in total. The minimum absolute atomic E-state index is 0.00788. The molecular weight excluding hydrogens is 378 g/mol. The van der Waals surface area contributed by atoms with Crippen LogP contribution in [0.5, 0.6) is 5.75 Å². The average molecular weight is 406 g/mol. The number of carbonyl (C=O) groups is 1. The van der Waals surface area contributed by atoms with Crippen LogP contribution in [0.25, 0.3) is 0 Å². The van der Waals surface area contributed by atoms with Crippen molar-refractivity contribution in [2.45, 2.75) is 32.6 Å². The highest BCUT2D eigenvalue weighted by Gasteiger charge is 2.28. The van der Waals surface area contributed by atoms with Crippen molar-refractivity contribution in [1.82, 2.24) is 0 Å². The number of esters is 1. The fraction of sp³-hybridized carbons (Fsp3) is 0.381. The average Bonchev–Trinajstić information content (AvgIpc) is 2.63. The summed E-state index contributed by atoms with van der Waals surface area (Å²) in [5.41, 5.74) is 2.62. The third-order valence-corrected chi connectivity index (χ3v) is 5.98. The van der Waals surface area contributed by atoms with E-state index in [-0.39, 0.29) is 22.1 Å². The van der Waals surface area contributed by atoms with E-state index in [9.17, 15) is 13.2 Å². The van der Waals surface area contributed by atoms with Crippen LogP contribution in [0.15, 0.2) is 41.3 Å². The minimum Gasteiger partial charge on any atom is -0.496 e. The Labute approximate surface area is 167 Å². The Hall–Kier alpha value is -2.54. The first-order valence-corrected chi connectivity index (χ1v) is 10.4. The first-order valence-electron chi connectivity index (χ1n) is 8.97. The molecule has 6 nitrogen and oxygen atoms in total. The number of carbonyl (C=O) groups excluding carboxylic acids is 1. The number of benzene rings is 2. The molecule has 28 heavy (non-hydrogen) atoms.